The highest BCUT2D eigenvalue weighted by Crippen LogP contribution is 2.37. The van der Waals surface area contributed by atoms with E-state index in [1.165, 1.54) is 0 Å². The summed E-state index contributed by atoms with van der Waals surface area (Å²) in [4.78, 5) is 4.05. The van der Waals surface area contributed by atoms with Gasteiger partial charge in [-0.3, -0.25) is 0 Å². The smallest absolute Gasteiger partial charge is 0.192 e. The maximum atomic E-state index is 6.13. The van der Waals surface area contributed by atoms with Gasteiger partial charge in [-0.15, -0.1) is 0 Å². The molecule has 114 valence electrons. The van der Waals surface area contributed by atoms with E-state index in [9.17, 15) is 0 Å². The highest BCUT2D eigenvalue weighted by molar-refractivity contribution is 6.74. The molecule has 2 aromatic rings. The van der Waals surface area contributed by atoms with Crippen molar-refractivity contribution < 1.29 is 8.95 Å². The SMILES string of the molecule is CC(C)(C)[Si](C)(C)OCc1cc(-c2cccnc2N)on1. The molecule has 2 rings (SSSR count). The molecule has 0 unspecified atom stereocenters. The number of hydrogen-bond donors (Lipinski definition) is 1. The largest absolute Gasteiger partial charge is 0.411 e. The molecule has 0 spiro atoms. The summed E-state index contributed by atoms with van der Waals surface area (Å²) in [6.45, 7) is 11.5. The highest BCUT2D eigenvalue weighted by atomic mass is 28.4. The summed E-state index contributed by atoms with van der Waals surface area (Å²) in [6.07, 6.45) is 1.65. The summed E-state index contributed by atoms with van der Waals surface area (Å²) in [5, 5.41) is 4.23. The Bertz CT molecular complexity index is 617. The number of nitrogens with two attached hydrogens (primary N) is 1. The van der Waals surface area contributed by atoms with Crippen molar-refractivity contribution in [1.82, 2.24) is 10.1 Å². The predicted molar refractivity (Wildman–Crippen MR) is 86.1 cm³/mol. The van der Waals surface area contributed by atoms with Gasteiger partial charge in [-0.2, -0.15) is 0 Å². The van der Waals surface area contributed by atoms with Crippen LogP contribution in [-0.4, -0.2) is 18.5 Å². The Morgan fingerprint density at radius 3 is 2.67 bits per heavy atom. The standard InChI is InChI=1S/C15H23N3O2Si/c1-15(2,3)21(4,5)19-10-11-9-13(20-18-11)12-7-6-8-17-14(12)16/h6-9H,10H2,1-5H3,(H2,16,17). The van der Waals surface area contributed by atoms with Crippen LogP contribution >= 0.6 is 0 Å². The molecule has 0 aliphatic rings. The zero-order valence-electron chi connectivity index (χ0n) is 13.3. The molecule has 6 heteroatoms. The Kier molecular flexibility index (Phi) is 4.20. The van der Waals surface area contributed by atoms with Crippen LogP contribution in [0, 0.1) is 0 Å². The average molecular weight is 305 g/mol. The molecule has 0 atom stereocenters. The van der Waals surface area contributed by atoms with Crippen molar-refractivity contribution >= 4 is 14.1 Å². The molecule has 21 heavy (non-hydrogen) atoms. The molecule has 0 aliphatic carbocycles. The molecule has 2 heterocycles. The van der Waals surface area contributed by atoms with E-state index in [0.717, 1.165) is 11.3 Å². The lowest BCUT2D eigenvalue weighted by atomic mass is 10.2. The van der Waals surface area contributed by atoms with Crippen molar-refractivity contribution in [2.75, 3.05) is 5.73 Å². The van der Waals surface area contributed by atoms with Gasteiger partial charge in [0.05, 0.1) is 12.2 Å². The molecule has 0 amide bonds. The lowest BCUT2D eigenvalue weighted by Gasteiger charge is -2.35. The van der Waals surface area contributed by atoms with Crippen molar-refractivity contribution in [1.29, 1.82) is 0 Å². The van der Waals surface area contributed by atoms with E-state index in [1.807, 2.05) is 18.2 Å². The Labute approximate surface area is 126 Å². The number of anilines is 1. The van der Waals surface area contributed by atoms with Crippen molar-refractivity contribution in [3.8, 4) is 11.3 Å². The molecule has 0 aliphatic heterocycles. The monoisotopic (exact) mass is 305 g/mol. The molecule has 0 saturated heterocycles. The van der Waals surface area contributed by atoms with Crippen LogP contribution in [0.4, 0.5) is 5.82 Å². The summed E-state index contributed by atoms with van der Waals surface area (Å²) in [5.74, 6) is 1.06. The predicted octanol–water partition coefficient (Wildman–Crippen LogP) is 3.84. The quantitative estimate of drug-likeness (QED) is 0.869. The van der Waals surface area contributed by atoms with E-state index in [0.29, 0.717) is 18.2 Å². The van der Waals surface area contributed by atoms with Gasteiger partial charge in [-0.1, -0.05) is 25.9 Å². The van der Waals surface area contributed by atoms with E-state index in [4.69, 9.17) is 14.7 Å². The van der Waals surface area contributed by atoms with E-state index < -0.39 is 8.32 Å². The second-order valence-electron chi connectivity index (χ2n) is 6.67. The zero-order chi connectivity index (χ0) is 15.7. The number of rotatable bonds is 4. The van der Waals surface area contributed by atoms with Gasteiger partial charge in [0.25, 0.3) is 0 Å². The van der Waals surface area contributed by atoms with Gasteiger partial charge in [0.15, 0.2) is 14.1 Å². The fourth-order valence-electron chi connectivity index (χ4n) is 1.60. The molecule has 2 aromatic heterocycles. The minimum Gasteiger partial charge on any atom is -0.411 e. The van der Waals surface area contributed by atoms with Gasteiger partial charge in [-0.25, -0.2) is 4.98 Å². The molecule has 0 aromatic carbocycles. The Morgan fingerprint density at radius 2 is 2.05 bits per heavy atom. The van der Waals surface area contributed by atoms with Crippen molar-refractivity contribution in [2.24, 2.45) is 0 Å². The molecule has 0 bridgehead atoms. The number of hydrogen-bond acceptors (Lipinski definition) is 5. The maximum absolute atomic E-state index is 6.13. The maximum Gasteiger partial charge on any atom is 0.192 e. The summed E-state index contributed by atoms with van der Waals surface area (Å²) >= 11 is 0. The van der Waals surface area contributed by atoms with Gasteiger partial charge in [0.2, 0.25) is 0 Å². The first-order chi connectivity index (χ1) is 9.71. The first-order valence-electron chi connectivity index (χ1n) is 7.01. The Morgan fingerprint density at radius 1 is 1.33 bits per heavy atom. The normalized spacial score (nSPS) is 12.6. The van der Waals surface area contributed by atoms with Crippen LogP contribution in [0.15, 0.2) is 28.9 Å². The third-order valence-electron chi connectivity index (χ3n) is 4.05. The third kappa shape index (κ3) is 3.51. The average Bonchev–Trinajstić information content (AvgIpc) is 2.84. The van der Waals surface area contributed by atoms with Crippen LogP contribution in [0.3, 0.4) is 0 Å². The van der Waals surface area contributed by atoms with E-state index in [2.05, 4.69) is 44.0 Å². The minimum absolute atomic E-state index is 0.174. The molecule has 0 radical (unpaired) electrons. The van der Waals surface area contributed by atoms with Gasteiger partial charge >= 0.3 is 0 Å². The minimum atomic E-state index is -1.79. The van der Waals surface area contributed by atoms with Crippen LogP contribution in [0.5, 0.6) is 0 Å². The summed E-state index contributed by atoms with van der Waals surface area (Å²) in [6, 6.07) is 5.54. The number of nitrogens with zero attached hydrogens (tertiary/aromatic N) is 2. The van der Waals surface area contributed by atoms with Gasteiger partial charge in [0, 0.05) is 12.3 Å². The van der Waals surface area contributed by atoms with Crippen molar-refractivity contribution in [2.45, 2.75) is 45.5 Å². The first kappa shape index (κ1) is 15.7. The number of aromatic nitrogens is 2. The van der Waals surface area contributed by atoms with Crippen LogP contribution in [0.1, 0.15) is 26.5 Å². The molecular weight excluding hydrogens is 282 g/mol. The molecule has 2 N–H and O–H groups in total. The second-order valence-corrected chi connectivity index (χ2v) is 11.5. The number of pyridine rings is 1. The molecular formula is C15H23N3O2Si. The van der Waals surface area contributed by atoms with E-state index >= 15 is 0 Å². The lowest BCUT2D eigenvalue weighted by Crippen LogP contribution is -2.40. The fraction of sp³-hybridized carbons (Fsp3) is 0.467. The van der Waals surface area contributed by atoms with Gasteiger partial charge in [-0.05, 0) is 30.3 Å². The molecule has 0 fully saturated rings. The summed E-state index contributed by atoms with van der Waals surface area (Å²) in [5.41, 5.74) is 7.37. The van der Waals surface area contributed by atoms with E-state index in [-0.39, 0.29) is 5.04 Å². The van der Waals surface area contributed by atoms with Crippen molar-refractivity contribution in [3.63, 3.8) is 0 Å². The van der Waals surface area contributed by atoms with Crippen LogP contribution in [0.2, 0.25) is 18.1 Å². The third-order valence-corrected chi connectivity index (χ3v) is 8.53. The lowest BCUT2D eigenvalue weighted by molar-refractivity contribution is 0.264. The van der Waals surface area contributed by atoms with Crippen LogP contribution < -0.4 is 5.73 Å². The Balaban J connectivity index is 2.10. The van der Waals surface area contributed by atoms with Crippen molar-refractivity contribution in [3.05, 3.63) is 30.1 Å². The fourth-order valence-corrected chi connectivity index (χ4v) is 2.55. The molecule has 5 nitrogen and oxygen atoms in total. The van der Waals surface area contributed by atoms with Crippen LogP contribution in [-0.2, 0) is 11.0 Å². The van der Waals surface area contributed by atoms with E-state index in [1.54, 1.807) is 6.20 Å². The van der Waals surface area contributed by atoms with Crippen LogP contribution in [0.25, 0.3) is 11.3 Å². The summed E-state index contributed by atoms with van der Waals surface area (Å²) in [7, 11) is -1.79. The second kappa shape index (κ2) is 5.61. The topological polar surface area (TPSA) is 74.2 Å². The first-order valence-corrected chi connectivity index (χ1v) is 9.92. The van der Waals surface area contributed by atoms with Gasteiger partial charge < -0.3 is 14.7 Å². The zero-order valence-corrected chi connectivity index (χ0v) is 14.3. The molecule has 0 saturated carbocycles. The number of nitrogen functional groups attached to an aromatic ring is 1. The van der Waals surface area contributed by atoms with Gasteiger partial charge in [0.1, 0.15) is 11.5 Å². The highest BCUT2D eigenvalue weighted by Gasteiger charge is 2.37. The summed E-state index contributed by atoms with van der Waals surface area (Å²) < 4.78 is 11.5. The Hall–Kier alpha value is -1.66.